The fourth-order valence-corrected chi connectivity index (χ4v) is 9.92. The number of rotatable bonds is 9. The zero-order chi connectivity index (χ0) is 34.0. The van der Waals surface area contributed by atoms with Crippen molar-refractivity contribution in [1.29, 1.82) is 0 Å². The van der Waals surface area contributed by atoms with Crippen molar-refractivity contribution in [3.05, 3.63) is 60.4 Å². The number of ketones is 1. The van der Waals surface area contributed by atoms with Crippen molar-refractivity contribution in [3.8, 4) is 11.3 Å². The van der Waals surface area contributed by atoms with E-state index in [1.54, 1.807) is 17.7 Å². The number of imidazole rings is 1. The molecule has 9 heteroatoms. The predicted molar refractivity (Wildman–Crippen MR) is 201 cm³/mol. The molecule has 5 aromatic rings. The van der Waals surface area contributed by atoms with Gasteiger partial charge in [-0.1, -0.05) is 90.3 Å². The third-order valence-corrected chi connectivity index (χ3v) is 12.7. The molecule has 0 spiro atoms. The molecule has 1 aliphatic heterocycles. The van der Waals surface area contributed by atoms with Gasteiger partial charge in [-0.2, -0.15) is 0 Å². The van der Waals surface area contributed by atoms with Crippen molar-refractivity contribution in [2.24, 2.45) is 23.7 Å². The fraction of sp³-hybridized carbons (Fsp3) is 0.487. The van der Waals surface area contributed by atoms with Gasteiger partial charge in [-0.15, -0.1) is 40.1 Å². The van der Waals surface area contributed by atoms with Crippen LogP contribution in [0.5, 0.6) is 0 Å². The first-order valence-electron chi connectivity index (χ1n) is 17.4. The molecule has 0 saturated heterocycles. The molecule has 259 valence electrons. The van der Waals surface area contributed by atoms with Gasteiger partial charge >= 0.3 is 0 Å². The average Bonchev–Trinajstić information content (AvgIpc) is 3.57. The fourth-order valence-electron chi connectivity index (χ4n) is 7.16. The van der Waals surface area contributed by atoms with E-state index in [-0.39, 0.29) is 43.5 Å². The Kier molecular flexibility index (Phi) is 12.6. The first kappa shape index (κ1) is 38.1. The molecule has 0 aliphatic carbocycles. The normalized spacial score (nSPS) is 13.8. The van der Waals surface area contributed by atoms with E-state index in [4.69, 9.17) is 15.0 Å². The van der Waals surface area contributed by atoms with E-state index in [0.29, 0.717) is 11.8 Å². The van der Waals surface area contributed by atoms with Crippen molar-refractivity contribution in [2.45, 2.75) is 99.8 Å². The quantitative estimate of drug-likeness (QED) is 0.0692. The standard InChI is InChI=1S/C24H23N4SSi.C15H28O2.Ir/c1-30(2,3)18-13-16(12-15-8-4-5-9-17(15)18)20-23-21(26-14-25-20)22-24(29-23)27-19-10-6-7-11-28(19)22;1-7-12(8-2)13(16)9-14(17)15(10(3)4)11(5)6;/h4-5,8-9,13-14H,6-7,10-11H2,1-3H3;9-12,15-16H,7-8H2,1-6H3;/q-1;;/b;13-9-;. The monoisotopic (exact) mass is 860 g/mol. The van der Waals surface area contributed by atoms with Gasteiger partial charge in [-0.05, 0) is 37.5 Å². The van der Waals surface area contributed by atoms with Gasteiger partial charge < -0.3 is 9.67 Å². The maximum atomic E-state index is 12.1. The van der Waals surface area contributed by atoms with Crippen molar-refractivity contribution in [3.63, 3.8) is 0 Å². The Morgan fingerprint density at radius 3 is 2.40 bits per heavy atom. The molecule has 0 unspecified atom stereocenters. The van der Waals surface area contributed by atoms with E-state index in [2.05, 4.69) is 88.3 Å². The molecule has 0 atom stereocenters. The molecule has 6 rings (SSSR count). The Balaban J connectivity index is 0.000000251. The second-order valence-electron chi connectivity index (χ2n) is 14.7. The Hall–Kier alpha value is -2.71. The van der Waals surface area contributed by atoms with Crippen LogP contribution in [-0.4, -0.2) is 38.5 Å². The van der Waals surface area contributed by atoms with Gasteiger partial charge in [-0.3, -0.25) is 9.78 Å². The van der Waals surface area contributed by atoms with Crippen LogP contribution < -0.4 is 5.19 Å². The van der Waals surface area contributed by atoms with E-state index >= 15 is 0 Å². The number of carbonyl (C=O) groups excluding carboxylic acids is 1. The maximum absolute atomic E-state index is 12.1. The molecular formula is C39H51IrN4O2SSi-. The minimum Gasteiger partial charge on any atom is -0.512 e. The molecule has 1 aliphatic rings. The smallest absolute Gasteiger partial charge is 0.162 e. The molecule has 4 heterocycles. The van der Waals surface area contributed by atoms with Crippen LogP contribution in [0.3, 0.4) is 0 Å². The largest absolute Gasteiger partial charge is 0.512 e. The third-order valence-electron chi connectivity index (χ3n) is 9.57. The van der Waals surface area contributed by atoms with Crippen molar-refractivity contribution in [1.82, 2.24) is 19.5 Å². The van der Waals surface area contributed by atoms with Gasteiger partial charge in [0.25, 0.3) is 0 Å². The first-order chi connectivity index (χ1) is 22.3. The van der Waals surface area contributed by atoms with Crippen LogP contribution >= 0.6 is 11.3 Å². The summed E-state index contributed by atoms with van der Waals surface area (Å²) in [4.78, 5) is 27.6. The molecule has 1 radical (unpaired) electrons. The molecule has 3 aromatic heterocycles. The summed E-state index contributed by atoms with van der Waals surface area (Å²) >= 11 is 1.73. The molecule has 0 saturated carbocycles. The summed E-state index contributed by atoms with van der Waals surface area (Å²) in [5.74, 6) is 2.29. The van der Waals surface area contributed by atoms with E-state index in [9.17, 15) is 9.90 Å². The number of hydrogen-bond donors (Lipinski definition) is 1. The van der Waals surface area contributed by atoms with Crippen molar-refractivity contribution in [2.75, 3.05) is 0 Å². The average molecular weight is 860 g/mol. The van der Waals surface area contributed by atoms with Crippen LogP contribution in [0.25, 0.3) is 42.6 Å². The molecule has 6 nitrogen and oxygen atoms in total. The minimum atomic E-state index is -1.54. The molecule has 48 heavy (non-hydrogen) atoms. The van der Waals surface area contributed by atoms with Crippen LogP contribution in [0.1, 0.15) is 73.1 Å². The SMILES string of the molecule is CCC(CC)/C(O)=C/C(=O)C(C(C)C)C(C)C.C[Si](C)(C)c1cc(-c2ncnc3c2sc2nc4n(c23)CCCC4)[c-]c2ccccc12.[Ir]. The molecule has 0 fully saturated rings. The van der Waals surface area contributed by atoms with E-state index in [1.807, 2.05) is 13.8 Å². The number of aliphatic hydroxyl groups is 1. The van der Waals surface area contributed by atoms with Gasteiger partial charge in [0.1, 0.15) is 28.0 Å². The molecule has 0 amide bonds. The van der Waals surface area contributed by atoms with E-state index in [0.717, 1.165) is 52.1 Å². The zero-order valence-electron chi connectivity index (χ0n) is 30.0. The van der Waals surface area contributed by atoms with Crippen LogP contribution in [0, 0.1) is 29.7 Å². The van der Waals surface area contributed by atoms with Gasteiger partial charge in [-0.25, -0.2) is 9.97 Å². The number of aliphatic hydroxyl groups excluding tert-OH is 1. The summed E-state index contributed by atoms with van der Waals surface area (Å²) in [5, 5.41) is 13.9. The Labute approximate surface area is 304 Å². The summed E-state index contributed by atoms with van der Waals surface area (Å²) < 4.78 is 3.51. The summed E-state index contributed by atoms with van der Waals surface area (Å²) in [6, 6.07) is 14.6. The number of aryl methyl sites for hydroxylation is 2. The third kappa shape index (κ3) is 7.85. The van der Waals surface area contributed by atoms with Crippen LogP contribution in [0.15, 0.2) is 48.5 Å². The van der Waals surface area contributed by atoms with Gasteiger partial charge in [0.2, 0.25) is 0 Å². The van der Waals surface area contributed by atoms with Crippen molar-refractivity contribution < 1.29 is 30.0 Å². The molecule has 1 N–H and O–H groups in total. The second kappa shape index (κ2) is 15.9. The van der Waals surface area contributed by atoms with Gasteiger partial charge in [0, 0.05) is 61.4 Å². The number of fused-ring (bicyclic) bond motifs is 6. The van der Waals surface area contributed by atoms with Gasteiger partial charge in [0.05, 0.1) is 13.8 Å². The number of carbonyl (C=O) groups is 1. The summed E-state index contributed by atoms with van der Waals surface area (Å²) in [6.07, 6.45) is 8.44. The second-order valence-corrected chi connectivity index (χ2v) is 20.7. The van der Waals surface area contributed by atoms with Crippen LogP contribution in [-0.2, 0) is 37.9 Å². The number of hydrogen-bond acceptors (Lipinski definition) is 6. The van der Waals surface area contributed by atoms with E-state index < -0.39 is 8.07 Å². The minimum absolute atomic E-state index is 0. The summed E-state index contributed by atoms with van der Waals surface area (Å²) in [7, 11) is -1.54. The number of nitrogens with zero attached hydrogens (tertiary/aromatic N) is 4. The number of benzene rings is 2. The molecule has 0 bridgehead atoms. The summed E-state index contributed by atoms with van der Waals surface area (Å²) in [6.45, 7) is 20.6. The molecule has 2 aromatic carbocycles. The Morgan fingerprint density at radius 1 is 1.06 bits per heavy atom. The number of thiophene rings is 1. The topological polar surface area (TPSA) is 80.9 Å². The van der Waals surface area contributed by atoms with Crippen molar-refractivity contribution >= 4 is 61.7 Å². The summed E-state index contributed by atoms with van der Waals surface area (Å²) in [5.41, 5.74) is 4.29. The van der Waals surface area contributed by atoms with E-state index in [1.165, 1.54) is 46.2 Å². The molecular weight excluding hydrogens is 809 g/mol. The maximum Gasteiger partial charge on any atom is 0.162 e. The Bertz CT molecular complexity index is 1910. The Morgan fingerprint density at radius 2 is 1.75 bits per heavy atom. The number of allylic oxidation sites excluding steroid dienone is 2. The van der Waals surface area contributed by atoms with Crippen LogP contribution in [0.2, 0.25) is 19.6 Å². The predicted octanol–water partition coefficient (Wildman–Crippen LogP) is 9.90. The van der Waals surface area contributed by atoms with Gasteiger partial charge in [0.15, 0.2) is 5.78 Å². The number of aromatic nitrogens is 4. The first-order valence-corrected chi connectivity index (χ1v) is 21.7. The zero-order valence-corrected chi connectivity index (χ0v) is 34.2. The van der Waals surface area contributed by atoms with Crippen LogP contribution in [0.4, 0.5) is 0 Å².